The molecule has 2 aromatic rings. The van der Waals surface area contributed by atoms with Gasteiger partial charge in [-0.05, 0) is 55.1 Å². The standard InChI is InChI=1S/C23H22FN3O5S/c1-2-32-17-9-7-15(8-10-17)21(29)26-14-20(28)25-11-12-27-22(30)19(33-23(27)31)13-16-5-3-4-6-18(16)24/h3-10,13H,2,11-12,14H2,1H3,(H,25,28)(H,26,29)/b19-13-. The number of halogens is 1. The molecule has 1 saturated heterocycles. The molecular formula is C23H22FN3O5S. The topological polar surface area (TPSA) is 105 Å². The average Bonchev–Trinajstić information content (AvgIpc) is 3.07. The predicted octanol–water partition coefficient (Wildman–Crippen LogP) is 2.81. The number of nitrogens with zero attached hydrogens (tertiary/aromatic N) is 1. The molecule has 0 aliphatic carbocycles. The van der Waals surface area contributed by atoms with Crippen LogP contribution in [0, 0.1) is 5.82 Å². The second-order valence-corrected chi connectivity index (χ2v) is 7.84. The number of carbonyl (C=O) groups excluding carboxylic acids is 4. The highest BCUT2D eigenvalue weighted by Gasteiger charge is 2.34. The van der Waals surface area contributed by atoms with E-state index in [0.29, 0.717) is 29.7 Å². The Kier molecular flexibility index (Phi) is 8.20. The van der Waals surface area contributed by atoms with E-state index in [0.717, 1.165) is 4.90 Å². The van der Waals surface area contributed by atoms with Gasteiger partial charge in [0.15, 0.2) is 0 Å². The number of carbonyl (C=O) groups is 4. The van der Waals surface area contributed by atoms with Crippen molar-refractivity contribution in [2.75, 3.05) is 26.2 Å². The molecule has 1 heterocycles. The Hall–Kier alpha value is -3.66. The Labute approximate surface area is 194 Å². The summed E-state index contributed by atoms with van der Waals surface area (Å²) in [5.74, 6) is -1.29. The van der Waals surface area contributed by atoms with E-state index in [9.17, 15) is 23.6 Å². The van der Waals surface area contributed by atoms with Crippen molar-refractivity contribution in [3.63, 3.8) is 0 Å². The smallest absolute Gasteiger partial charge is 0.293 e. The molecule has 0 spiro atoms. The summed E-state index contributed by atoms with van der Waals surface area (Å²) in [6, 6.07) is 12.4. The largest absolute Gasteiger partial charge is 0.494 e. The maximum atomic E-state index is 13.8. The van der Waals surface area contributed by atoms with Crippen molar-refractivity contribution in [1.29, 1.82) is 0 Å². The fourth-order valence-corrected chi connectivity index (χ4v) is 3.78. The van der Waals surface area contributed by atoms with Crippen molar-refractivity contribution in [1.82, 2.24) is 15.5 Å². The first kappa shape index (κ1) is 24.0. The molecule has 0 unspecified atom stereocenters. The Bertz CT molecular complexity index is 1090. The van der Waals surface area contributed by atoms with E-state index in [-0.39, 0.29) is 30.1 Å². The van der Waals surface area contributed by atoms with Crippen LogP contribution in [0.5, 0.6) is 5.75 Å². The Balaban J connectivity index is 1.44. The van der Waals surface area contributed by atoms with Gasteiger partial charge in [-0.3, -0.25) is 24.1 Å². The summed E-state index contributed by atoms with van der Waals surface area (Å²) in [6.45, 7) is 2.08. The minimum atomic E-state index is -0.550. The van der Waals surface area contributed by atoms with Crippen LogP contribution in [-0.2, 0) is 9.59 Å². The lowest BCUT2D eigenvalue weighted by Gasteiger charge is -2.13. The predicted molar refractivity (Wildman–Crippen MR) is 122 cm³/mol. The monoisotopic (exact) mass is 471 g/mol. The van der Waals surface area contributed by atoms with Gasteiger partial charge in [-0.15, -0.1) is 0 Å². The third-order valence-corrected chi connectivity index (χ3v) is 5.47. The van der Waals surface area contributed by atoms with Gasteiger partial charge < -0.3 is 15.4 Å². The number of rotatable bonds is 9. The Morgan fingerprint density at radius 2 is 1.82 bits per heavy atom. The van der Waals surface area contributed by atoms with Gasteiger partial charge >= 0.3 is 0 Å². The molecular weight excluding hydrogens is 449 g/mol. The fraction of sp³-hybridized carbons (Fsp3) is 0.217. The van der Waals surface area contributed by atoms with E-state index in [1.807, 2.05) is 6.92 Å². The maximum absolute atomic E-state index is 13.8. The second-order valence-electron chi connectivity index (χ2n) is 6.84. The van der Waals surface area contributed by atoms with Crippen LogP contribution in [0.3, 0.4) is 0 Å². The molecule has 4 amide bonds. The van der Waals surface area contributed by atoms with Crippen LogP contribution in [-0.4, -0.2) is 54.1 Å². The first-order valence-corrected chi connectivity index (χ1v) is 11.0. The van der Waals surface area contributed by atoms with Gasteiger partial charge in [0, 0.05) is 24.2 Å². The van der Waals surface area contributed by atoms with Gasteiger partial charge in [0.2, 0.25) is 5.91 Å². The highest BCUT2D eigenvalue weighted by Crippen LogP contribution is 2.32. The minimum absolute atomic E-state index is 0.0166. The fourth-order valence-electron chi connectivity index (χ4n) is 2.93. The molecule has 1 aliphatic rings. The van der Waals surface area contributed by atoms with Crippen molar-refractivity contribution in [3.05, 3.63) is 70.4 Å². The van der Waals surface area contributed by atoms with Crippen LogP contribution in [0.4, 0.5) is 9.18 Å². The van der Waals surface area contributed by atoms with Gasteiger partial charge in [0.1, 0.15) is 11.6 Å². The molecule has 10 heteroatoms. The summed E-state index contributed by atoms with van der Waals surface area (Å²) in [7, 11) is 0. The van der Waals surface area contributed by atoms with Gasteiger partial charge in [-0.25, -0.2) is 4.39 Å². The lowest BCUT2D eigenvalue weighted by molar-refractivity contribution is -0.124. The van der Waals surface area contributed by atoms with Crippen molar-refractivity contribution in [2.45, 2.75) is 6.92 Å². The van der Waals surface area contributed by atoms with Crippen molar-refractivity contribution >= 4 is 40.8 Å². The lowest BCUT2D eigenvalue weighted by atomic mass is 10.2. The quantitative estimate of drug-likeness (QED) is 0.545. The number of benzene rings is 2. The maximum Gasteiger partial charge on any atom is 0.293 e. The number of hydrogen-bond acceptors (Lipinski definition) is 6. The van der Waals surface area contributed by atoms with Crippen molar-refractivity contribution in [3.8, 4) is 5.75 Å². The van der Waals surface area contributed by atoms with Crippen LogP contribution >= 0.6 is 11.8 Å². The van der Waals surface area contributed by atoms with E-state index < -0.39 is 28.8 Å². The molecule has 8 nitrogen and oxygen atoms in total. The molecule has 0 saturated carbocycles. The van der Waals surface area contributed by atoms with Crippen LogP contribution in [0.15, 0.2) is 53.4 Å². The summed E-state index contributed by atoms with van der Waals surface area (Å²) in [6.07, 6.45) is 1.33. The van der Waals surface area contributed by atoms with Gasteiger partial charge in [0.05, 0.1) is 18.1 Å². The minimum Gasteiger partial charge on any atom is -0.494 e. The molecule has 3 rings (SSSR count). The summed E-state index contributed by atoms with van der Waals surface area (Å²) in [4.78, 5) is 49.8. The number of nitrogens with one attached hydrogen (secondary N) is 2. The number of thioether (sulfide) groups is 1. The van der Waals surface area contributed by atoms with E-state index >= 15 is 0 Å². The summed E-state index contributed by atoms with van der Waals surface area (Å²) in [5.41, 5.74) is 0.588. The van der Waals surface area contributed by atoms with E-state index in [2.05, 4.69) is 10.6 Å². The molecule has 0 aromatic heterocycles. The van der Waals surface area contributed by atoms with E-state index in [4.69, 9.17) is 4.74 Å². The van der Waals surface area contributed by atoms with E-state index in [1.165, 1.54) is 24.3 Å². The number of amides is 4. The van der Waals surface area contributed by atoms with Gasteiger partial charge in [0.25, 0.3) is 17.1 Å². The zero-order valence-corrected chi connectivity index (χ0v) is 18.6. The lowest BCUT2D eigenvalue weighted by Crippen LogP contribution is -2.41. The van der Waals surface area contributed by atoms with Gasteiger partial charge in [-0.1, -0.05) is 18.2 Å². The first-order chi connectivity index (χ1) is 15.9. The molecule has 0 radical (unpaired) electrons. The SMILES string of the molecule is CCOc1ccc(C(=O)NCC(=O)NCCN2C(=O)S/C(=C\c3ccccc3F)C2=O)cc1. The Morgan fingerprint density at radius 3 is 2.52 bits per heavy atom. The van der Waals surface area contributed by atoms with Crippen LogP contribution in [0.25, 0.3) is 6.08 Å². The average molecular weight is 472 g/mol. The number of imide groups is 1. The molecule has 2 N–H and O–H groups in total. The summed E-state index contributed by atoms with van der Waals surface area (Å²) in [5, 5.41) is 4.55. The molecule has 172 valence electrons. The molecule has 0 bridgehead atoms. The molecule has 0 atom stereocenters. The third kappa shape index (κ3) is 6.42. The first-order valence-electron chi connectivity index (χ1n) is 10.2. The molecule has 1 aliphatic heterocycles. The molecule has 1 fully saturated rings. The number of hydrogen-bond donors (Lipinski definition) is 2. The second kappa shape index (κ2) is 11.3. The summed E-state index contributed by atoms with van der Waals surface area (Å²) < 4.78 is 19.1. The third-order valence-electron chi connectivity index (χ3n) is 4.56. The van der Waals surface area contributed by atoms with Crippen LogP contribution in [0.2, 0.25) is 0 Å². The highest BCUT2D eigenvalue weighted by molar-refractivity contribution is 8.18. The normalized spacial score (nSPS) is 14.5. The van der Waals surface area contributed by atoms with E-state index in [1.54, 1.807) is 30.3 Å². The highest BCUT2D eigenvalue weighted by atomic mass is 32.2. The number of ether oxygens (including phenoxy) is 1. The zero-order chi connectivity index (χ0) is 23.8. The molecule has 33 heavy (non-hydrogen) atoms. The molecule has 2 aromatic carbocycles. The van der Waals surface area contributed by atoms with Crippen molar-refractivity contribution < 1.29 is 28.3 Å². The zero-order valence-electron chi connectivity index (χ0n) is 17.8. The Morgan fingerprint density at radius 1 is 1.09 bits per heavy atom. The van der Waals surface area contributed by atoms with Gasteiger partial charge in [-0.2, -0.15) is 0 Å². The van der Waals surface area contributed by atoms with Crippen molar-refractivity contribution in [2.24, 2.45) is 0 Å². The van der Waals surface area contributed by atoms with Crippen LogP contribution < -0.4 is 15.4 Å². The summed E-state index contributed by atoms with van der Waals surface area (Å²) >= 11 is 0.713. The van der Waals surface area contributed by atoms with Crippen LogP contribution in [0.1, 0.15) is 22.8 Å².